The number of hydrogen-bond donors (Lipinski definition) is 2. The zero-order valence-corrected chi connectivity index (χ0v) is 12.6. The number of amides is 2. The van der Waals surface area contributed by atoms with Crippen molar-refractivity contribution in [3.05, 3.63) is 4.91 Å². The van der Waals surface area contributed by atoms with E-state index in [9.17, 15) is 18.1 Å². The standard InChI is InChI=1S/C10H19ClN4O4S/c11-5-7-15(14-17)10(16)12-6-8-20(18,19)13-9-3-1-2-4-9/h9,13H,1-8H2,(H,12,16). The summed E-state index contributed by atoms with van der Waals surface area (Å²) in [5.41, 5.74) is 0. The smallest absolute Gasteiger partial charge is 0.335 e. The van der Waals surface area contributed by atoms with Gasteiger partial charge in [-0.15, -0.1) is 16.5 Å². The zero-order valence-electron chi connectivity index (χ0n) is 11.0. The summed E-state index contributed by atoms with van der Waals surface area (Å²) in [6, 6.07) is -0.753. The predicted octanol–water partition coefficient (Wildman–Crippen LogP) is 0.780. The molecule has 8 nitrogen and oxygen atoms in total. The van der Waals surface area contributed by atoms with E-state index in [-0.39, 0.29) is 30.8 Å². The number of alkyl halides is 1. The number of nitrogens with zero attached hydrogens (tertiary/aromatic N) is 2. The van der Waals surface area contributed by atoms with E-state index in [0.29, 0.717) is 5.01 Å². The second-order valence-electron chi connectivity index (χ2n) is 4.54. The van der Waals surface area contributed by atoms with Crippen molar-refractivity contribution < 1.29 is 13.2 Å². The lowest BCUT2D eigenvalue weighted by molar-refractivity contribution is 0.203. The van der Waals surface area contributed by atoms with E-state index >= 15 is 0 Å². The summed E-state index contributed by atoms with van der Waals surface area (Å²) in [7, 11) is -3.42. The fourth-order valence-electron chi connectivity index (χ4n) is 2.00. The van der Waals surface area contributed by atoms with Crippen LogP contribution < -0.4 is 10.0 Å². The minimum Gasteiger partial charge on any atom is -0.335 e. The van der Waals surface area contributed by atoms with E-state index in [1.54, 1.807) is 0 Å². The largest absolute Gasteiger partial charge is 0.340 e. The Morgan fingerprint density at radius 1 is 1.35 bits per heavy atom. The summed E-state index contributed by atoms with van der Waals surface area (Å²) in [6.45, 7) is -0.112. The van der Waals surface area contributed by atoms with Crippen molar-refractivity contribution in [1.29, 1.82) is 0 Å². The molecule has 0 aliphatic heterocycles. The Hall–Kier alpha value is -0.930. The van der Waals surface area contributed by atoms with Crippen molar-refractivity contribution in [3.63, 3.8) is 0 Å². The first-order valence-electron chi connectivity index (χ1n) is 6.43. The van der Waals surface area contributed by atoms with Crippen LogP contribution in [0.25, 0.3) is 0 Å². The van der Waals surface area contributed by atoms with E-state index in [0.717, 1.165) is 25.7 Å². The number of rotatable bonds is 8. The van der Waals surface area contributed by atoms with Gasteiger partial charge in [0.2, 0.25) is 10.0 Å². The van der Waals surface area contributed by atoms with Crippen LogP contribution in [0.5, 0.6) is 0 Å². The summed E-state index contributed by atoms with van der Waals surface area (Å²) in [6.07, 6.45) is 3.76. The summed E-state index contributed by atoms with van der Waals surface area (Å²) in [5, 5.41) is 5.43. The highest BCUT2D eigenvalue weighted by molar-refractivity contribution is 7.89. The molecule has 0 saturated heterocycles. The van der Waals surface area contributed by atoms with Gasteiger partial charge in [-0.1, -0.05) is 12.8 Å². The number of carbonyl (C=O) groups excluding carboxylic acids is 1. The average molecular weight is 327 g/mol. The lowest BCUT2D eigenvalue weighted by Gasteiger charge is -2.14. The minimum absolute atomic E-state index is 0.0000835. The maximum absolute atomic E-state index is 11.8. The lowest BCUT2D eigenvalue weighted by Crippen LogP contribution is -2.42. The van der Waals surface area contributed by atoms with Gasteiger partial charge in [0.15, 0.2) is 0 Å². The summed E-state index contributed by atoms with van der Waals surface area (Å²) < 4.78 is 26.1. The zero-order chi connectivity index (χ0) is 15.0. The van der Waals surface area contributed by atoms with Gasteiger partial charge in [-0.3, -0.25) is 0 Å². The Labute approximate surface area is 123 Å². The molecule has 1 aliphatic carbocycles. The van der Waals surface area contributed by atoms with E-state index in [1.165, 1.54) is 0 Å². The predicted molar refractivity (Wildman–Crippen MR) is 75.8 cm³/mol. The van der Waals surface area contributed by atoms with Crippen molar-refractivity contribution in [1.82, 2.24) is 15.0 Å². The molecule has 20 heavy (non-hydrogen) atoms. The molecule has 0 aromatic heterocycles. The van der Waals surface area contributed by atoms with E-state index in [4.69, 9.17) is 11.6 Å². The number of nitroso groups, excluding NO2 is 1. The highest BCUT2D eigenvalue weighted by atomic mass is 35.5. The molecule has 0 aromatic rings. The quantitative estimate of drug-likeness (QED) is 0.390. The number of sulfonamides is 1. The van der Waals surface area contributed by atoms with Crippen LogP contribution in [0, 0.1) is 4.91 Å². The average Bonchev–Trinajstić information content (AvgIpc) is 2.87. The molecule has 1 saturated carbocycles. The van der Waals surface area contributed by atoms with Crippen LogP contribution in [0.15, 0.2) is 5.29 Å². The second kappa shape index (κ2) is 8.38. The van der Waals surface area contributed by atoms with Gasteiger partial charge in [0.25, 0.3) is 0 Å². The molecule has 0 atom stereocenters. The minimum atomic E-state index is -3.42. The van der Waals surface area contributed by atoms with Crippen LogP contribution in [0.2, 0.25) is 0 Å². The highest BCUT2D eigenvalue weighted by Crippen LogP contribution is 2.18. The lowest BCUT2D eigenvalue weighted by atomic mass is 10.3. The molecule has 0 heterocycles. The van der Waals surface area contributed by atoms with Gasteiger partial charge in [-0.05, 0) is 12.8 Å². The maximum Gasteiger partial charge on any atom is 0.340 e. The molecule has 2 N–H and O–H groups in total. The fraction of sp³-hybridized carbons (Fsp3) is 0.900. The van der Waals surface area contributed by atoms with Crippen molar-refractivity contribution in [2.45, 2.75) is 31.7 Å². The maximum atomic E-state index is 11.8. The first kappa shape index (κ1) is 17.1. The summed E-state index contributed by atoms with van der Waals surface area (Å²) >= 11 is 5.39. The Morgan fingerprint density at radius 2 is 2.00 bits per heavy atom. The number of carbonyl (C=O) groups is 1. The first-order chi connectivity index (χ1) is 9.48. The van der Waals surface area contributed by atoms with E-state index < -0.39 is 16.1 Å². The van der Waals surface area contributed by atoms with Crippen LogP contribution in [0.3, 0.4) is 0 Å². The summed E-state index contributed by atoms with van der Waals surface area (Å²) in [5.74, 6) is -0.163. The van der Waals surface area contributed by atoms with Crippen molar-refractivity contribution in [2.24, 2.45) is 5.29 Å². The third-order valence-corrected chi connectivity index (χ3v) is 4.58. The van der Waals surface area contributed by atoms with Crippen LogP contribution in [-0.2, 0) is 10.0 Å². The van der Waals surface area contributed by atoms with Crippen molar-refractivity contribution in [3.8, 4) is 0 Å². The van der Waals surface area contributed by atoms with E-state index in [1.807, 2.05) is 0 Å². The molecule has 10 heteroatoms. The van der Waals surface area contributed by atoms with Crippen LogP contribution in [0.1, 0.15) is 25.7 Å². The molecule has 0 spiro atoms. The molecule has 0 radical (unpaired) electrons. The van der Waals surface area contributed by atoms with Gasteiger partial charge in [0.1, 0.15) is 0 Å². The van der Waals surface area contributed by atoms with Gasteiger partial charge in [-0.2, -0.15) is 5.01 Å². The number of halogens is 1. The van der Waals surface area contributed by atoms with Crippen LogP contribution in [-0.4, -0.2) is 50.2 Å². The topological polar surface area (TPSA) is 108 Å². The van der Waals surface area contributed by atoms with Crippen LogP contribution >= 0.6 is 11.6 Å². The number of urea groups is 1. The molecule has 1 fully saturated rings. The van der Waals surface area contributed by atoms with Gasteiger partial charge in [-0.25, -0.2) is 17.9 Å². The third kappa shape index (κ3) is 6.02. The Kier molecular flexibility index (Phi) is 7.17. The Morgan fingerprint density at radius 3 is 2.55 bits per heavy atom. The molecule has 116 valence electrons. The van der Waals surface area contributed by atoms with Gasteiger partial charge in [0, 0.05) is 18.5 Å². The Bertz CT molecular complexity index is 425. The van der Waals surface area contributed by atoms with Gasteiger partial charge < -0.3 is 5.32 Å². The van der Waals surface area contributed by atoms with Crippen molar-refractivity contribution in [2.75, 3.05) is 24.7 Å². The molecule has 0 unspecified atom stereocenters. The number of hydrogen-bond acceptors (Lipinski definition) is 5. The van der Waals surface area contributed by atoms with Gasteiger partial charge in [0.05, 0.1) is 17.6 Å². The first-order valence-corrected chi connectivity index (χ1v) is 8.62. The SMILES string of the molecule is O=NN(CCCl)C(=O)NCCS(=O)(=O)NC1CCCC1. The second-order valence-corrected chi connectivity index (χ2v) is 6.80. The highest BCUT2D eigenvalue weighted by Gasteiger charge is 2.21. The summed E-state index contributed by atoms with van der Waals surface area (Å²) in [4.78, 5) is 21.8. The molecule has 1 rings (SSSR count). The molecule has 1 aliphatic rings. The van der Waals surface area contributed by atoms with Gasteiger partial charge >= 0.3 is 6.03 Å². The molecule has 0 aromatic carbocycles. The molecule has 0 bridgehead atoms. The molecule has 2 amide bonds. The fourth-order valence-corrected chi connectivity index (χ4v) is 3.39. The van der Waals surface area contributed by atoms with E-state index in [2.05, 4.69) is 15.3 Å². The van der Waals surface area contributed by atoms with Crippen molar-refractivity contribution >= 4 is 27.7 Å². The normalized spacial score (nSPS) is 16.1. The molecular formula is C10H19ClN4O4S. The van der Waals surface area contributed by atoms with Crippen LogP contribution in [0.4, 0.5) is 4.79 Å². The third-order valence-electron chi connectivity index (χ3n) is 2.98. The molecular weight excluding hydrogens is 308 g/mol. The monoisotopic (exact) mass is 326 g/mol. The Balaban J connectivity index is 2.31. The number of nitrogens with one attached hydrogen (secondary N) is 2.